The van der Waals surface area contributed by atoms with Crippen molar-refractivity contribution in [2.75, 3.05) is 13.1 Å². The summed E-state index contributed by atoms with van der Waals surface area (Å²) in [5.41, 5.74) is 4.81. The summed E-state index contributed by atoms with van der Waals surface area (Å²) >= 11 is 0. The van der Waals surface area contributed by atoms with E-state index in [2.05, 4.69) is 54.7 Å². The number of nitrogens with one attached hydrogen (secondary N) is 1. The van der Waals surface area contributed by atoms with Gasteiger partial charge in [0.1, 0.15) is 0 Å². The Labute approximate surface area is 126 Å². The molecule has 0 aliphatic carbocycles. The number of aryl methyl sites for hydroxylation is 1. The minimum Gasteiger partial charge on any atom is -0.317 e. The van der Waals surface area contributed by atoms with Crippen molar-refractivity contribution < 1.29 is 0 Å². The van der Waals surface area contributed by atoms with Crippen LogP contribution < -0.4 is 5.32 Å². The lowest BCUT2D eigenvalue weighted by atomic mass is 9.68. The zero-order chi connectivity index (χ0) is 14.7. The van der Waals surface area contributed by atoms with Crippen LogP contribution in [0.5, 0.6) is 0 Å². The Balaban J connectivity index is 2.07. The van der Waals surface area contributed by atoms with Crippen LogP contribution in [0.3, 0.4) is 0 Å². The van der Waals surface area contributed by atoms with Crippen LogP contribution in [0.2, 0.25) is 0 Å². The van der Waals surface area contributed by atoms with Gasteiger partial charge in [-0.2, -0.15) is 5.26 Å². The summed E-state index contributed by atoms with van der Waals surface area (Å²) in [4.78, 5) is 0. The highest BCUT2D eigenvalue weighted by Crippen LogP contribution is 2.40. The van der Waals surface area contributed by atoms with E-state index in [1.165, 1.54) is 16.7 Å². The second-order valence-electron chi connectivity index (χ2n) is 5.89. The zero-order valence-corrected chi connectivity index (χ0v) is 12.4. The third-order valence-corrected chi connectivity index (χ3v) is 4.63. The van der Waals surface area contributed by atoms with E-state index in [9.17, 15) is 0 Å². The number of piperidine rings is 1. The first-order valence-corrected chi connectivity index (χ1v) is 7.53. The molecule has 1 fully saturated rings. The Hall–Kier alpha value is -2.11. The maximum Gasteiger partial charge on any atom is 0.0991 e. The van der Waals surface area contributed by atoms with E-state index in [4.69, 9.17) is 5.26 Å². The van der Waals surface area contributed by atoms with E-state index < -0.39 is 0 Å². The fourth-order valence-corrected chi connectivity index (χ4v) is 3.33. The molecule has 0 saturated carbocycles. The van der Waals surface area contributed by atoms with Crippen LogP contribution in [-0.4, -0.2) is 13.1 Å². The van der Waals surface area contributed by atoms with Gasteiger partial charge in [0, 0.05) is 5.41 Å². The first-order valence-electron chi connectivity index (χ1n) is 7.53. The molecule has 0 atom stereocenters. The van der Waals surface area contributed by atoms with E-state index in [1.807, 2.05) is 12.1 Å². The van der Waals surface area contributed by atoms with Gasteiger partial charge in [-0.25, -0.2) is 0 Å². The molecule has 0 spiro atoms. The predicted octanol–water partition coefficient (Wildman–Crippen LogP) is 3.54. The van der Waals surface area contributed by atoms with Crippen molar-refractivity contribution in [3.63, 3.8) is 0 Å². The molecule has 1 N–H and O–H groups in total. The molecule has 3 rings (SSSR count). The minimum atomic E-state index is 0.0763. The van der Waals surface area contributed by atoms with Gasteiger partial charge in [-0.3, -0.25) is 0 Å². The maximum atomic E-state index is 8.99. The number of benzene rings is 2. The average molecular weight is 276 g/mol. The van der Waals surface area contributed by atoms with Crippen molar-refractivity contribution in [2.24, 2.45) is 0 Å². The number of hydrogen-bond acceptors (Lipinski definition) is 2. The third-order valence-electron chi connectivity index (χ3n) is 4.63. The molecule has 1 heterocycles. The van der Waals surface area contributed by atoms with Crippen molar-refractivity contribution in [1.82, 2.24) is 5.32 Å². The molecule has 0 unspecified atom stereocenters. The largest absolute Gasteiger partial charge is 0.317 e. The first kappa shape index (κ1) is 13.9. The highest BCUT2D eigenvalue weighted by Gasteiger charge is 2.35. The summed E-state index contributed by atoms with van der Waals surface area (Å²) in [6, 6.07) is 19.3. The maximum absolute atomic E-state index is 8.99. The van der Waals surface area contributed by atoms with Crippen LogP contribution in [-0.2, 0) is 5.41 Å². The molecule has 2 aromatic rings. The summed E-state index contributed by atoms with van der Waals surface area (Å²) in [6.45, 7) is 4.20. The summed E-state index contributed by atoms with van der Waals surface area (Å²) in [7, 11) is 0. The molecule has 1 saturated heterocycles. The molecular formula is C19H20N2. The number of nitriles is 1. The van der Waals surface area contributed by atoms with Crippen LogP contribution in [0.15, 0.2) is 48.5 Å². The summed E-state index contributed by atoms with van der Waals surface area (Å²) in [6.07, 6.45) is 2.20. The second kappa shape index (κ2) is 5.71. The van der Waals surface area contributed by atoms with Gasteiger partial charge in [0.15, 0.2) is 0 Å². The lowest BCUT2D eigenvalue weighted by Crippen LogP contribution is -2.40. The van der Waals surface area contributed by atoms with Gasteiger partial charge in [0.2, 0.25) is 0 Å². The molecule has 0 bridgehead atoms. The molecule has 0 radical (unpaired) electrons. The molecule has 21 heavy (non-hydrogen) atoms. The van der Waals surface area contributed by atoms with Crippen molar-refractivity contribution >= 4 is 0 Å². The SMILES string of the molecule is Cc1ccc(C2(c3ccc(C#N)cc3)CCNCC2)cc1. The van der Waals surface area contributed by atoms with Crippen molar-refractivity contribution in [2.45, 2.75) is 25.2 Å². The Kier molecular flexibility index (Phi) is 3.77. The summed E-state index contributed by atoms with van der Waals surface area (Å²) in [5, 5.41) is 12.5. The van der Waals surface area contributed by atoms with Crippen LogP contribution in [0.25, 0.3) is 0 Å². The topological polar surface area (TPSA) is 35.8 Å². The van der Waals surface area contributed by atoms with Crippen LogP contribution >= 0.6 is 0 Å². The third kappa shape index (κ3) is 2.57. The van der Waals surface area contributed by atoms with Gasteiger partial charge in [-0.1, -0.05) is 42.0 Å². The van der Waals surface area contributed by atoms with E-state index in [1.54, 1.807) is 0 Å². The number of hydrogen-bond donors (Lipinski definition) is 1. The molecule has 0 amide bonds. The fraction of sp³-hybridized carbons (Fsp3) is 0.316. The fourth-order valence-electron chi connectivity index (χ4n) is 3.33. The second-order valence-corrected chi connectivity index (χ2v) is 5.89. The van der Waals surface area contributed by atoms with E-state index in [0.717, 1.165) is 31.5 Å². The molecule has 2 heteroatoms. The standard InChI is InChI=1S/C19H20N2/c1-15-2-6-17(7-3-15)19(10-12-21-13-11-19)18-8-4-16(14-20)5-9-18/h2-9,21H,10-13H2,1H3. The number of nitrogens with zero attached hydrogens (tertiary/aromatic N) is 1. The Morgan fingerprint density at radius 1 is 0.905 bits per heavy atom. The Morgan fingerprint density at radius 3 is 1.95 bits per heavy atom. The highest BCUT2D eigenvalue weighted by atomic mass is 14.9. The minimum absolute atomic E-state index is 0.0763. The Morgan fingerprint density at radius 2 is 1.43 bits per heavy atom. The molecule has 1 aliphatic rings. The van der Waals surface area contributed by atoms with E-state index in [0.29, 0.717) is 0 Å². The van der Waals surface area contributed by atoms with Crippen LogP contribution in [0.1, 0.15) is 35.1 Å². The van der Waals surface area contributed by atoms with Gasteiger partial charge >= 0.3 is 0 Å². The monoisotopic (exact) mass is 276 g/mol. The van der Waals surface area contributed by atoms with Gasteiger partial charge in [0.25, 0.3) is 0 Å². The van der Waals surface area contributed by atoms with Crippen LogP contribution in [0.4, 0.5) is 0 Å². The number of rotatable bonds is 2. The van der Waals surface area contributed by atoms with E-state index >= 15 is 0 Å². The van der Waals surface area contributed by atoms with Gasteiger partial charge in [-0.15, -0.1) is 0 Å². The first-order chi connectivity index (χ1) is 10.2. The average Bonchev–Trinajstić information content (AvgIpc) is 2.56. The molecule has 106 valence electrons. The molecular weight excluding hydrogens is 256 g/mol. The highest BCUT2D eigenvalue weighted by molar-refractivity contribution is 5.43. The van der Waals surface area contributed by atoms with Gasteiger partial charge in [0.05, 0.1) is 11.6 Å². The zero-order valence-electron chi connectivity index (χ0n) is 12.4. The van der Waals surface area contributed by atoms with Crippen molar-refractivity contribution in [3.05, 3.63) is 70.8 Å². The quantitative estimate of drug-likeness (QED) is 0.910. The smallest absolute Gasteiger partial charge is 0.0991 e. The predicted molar refractivity (Wildman–Crippen MR) is 85.2 cm³/mol. The molecule has 2 aromatic carbocycles. The van der Waals surface area contributed by atoms with Gasteiger partial charge < -0.3 is 5.32 Å². The lowest BCUT2D eigenvalue weighted by molar-refractivity contribution is 0.362. The molecule has 1 aliphatic heterocycles. The summed E-state index contributed by atoms with van der Waals surface area (Å²) in [5.74, 6) is 0. The van der Waals surface area contributed by atoms with E-state index in [-0.39, 0.29) is 5.41 Å². The van der Waals surface area contributed by atoms with Crippen molar-refractivity contribution in [3.8, 4) is 6.07 Å². The Bertz CT molecular complexity index is 641. The summed E-state index contributed by atoms with van der Waals surface area (Å²) < 4.78 is 0. The van der Waals surface area contributed by atoms with Gasteiger partial charge in [-0.05, 0) is 56.1 Å². The molecule has 2 nitrogen and oxygen atoms in total. The molecule has 0 aromatic heterocycles. The normalized spacial score (nSPS) is 17.1. The lowest BCUT2D eigenvalue weighted by Gasteiger charge is -2.39. The van der Waals surface area contributed by atoms with Crippen LogP contribution in [0, 0.1) is 18.3 Å². The van der Waals surface area contributed by atoms with Crippen molar-refractivity contribution in [1.29, 1.82) is 5.26 Å².